The number of amides is 2. The highest BCUT2D eigenvalue weighted by molar-refractivity contribution is 6.33. The Bertz CT molecular complexity index is 598. The Kier molecular flexibility index (Phi) is 17.7. The summed E-state index contributed by atoms with van der Waals surface area (Å²) in [6.45, 7) is 13.9. The highest BCUT2D eigenvalue weighted by Gasteiger charge is 2.07. The number of likely N-dealkylation sites (N-methyl/N-ethyl adjacent to an activating group) is 1. The van der Waals surface area contributed by atoms with Gasteiger partial charge in [0, 0.05) is 25.3 Å². The molecule has 0 unspecified atom stereocenters. The molecular weight excluding hydrogens is 406 g/mol. The van der Waals surface area contributed by atoms with Gasteiger partial charge < -0.3 is 20.4 Å². The van der Waals surface area contributed by atoms with Gasteiger partial charge in [0.05, 0.1) is 5.02 Å². The van der Waals surface area contributed by atoms with Crippen molar-refractivity contribution in [1.82, 2.24) is 15.1 Å². The third kappa shape index (κ3) is 13.2. The minimum absolute atomic E-state index is 0.160. The molecule has 2 N–H and O–H groups in total. The van der Waals surface area contributed by atoms with Crippen molar-refractivity contribution >= 4 is 35.8 Å². The lowest BCUT2D eigenvalue weighted by Crippen LogP contribution is -2.31. The van der Waals surface area contributed by atoms with Gasteiger partial charge in [-0.05, 0) is 68.8 Å². The molecule has 1 aromatic rings. The van der Waals surface area contributed by atoms with Crippen molar-refractivity contribution in [3.63, 3.8) is 0 Å². The van der Waals surface area contributed by atoms with E-state index in [0.29, 0.717) is 12.1 Å². The van der Waals surface area contributed by atoms with Gasteiger partial charge in [0.15, 0.2) is 0 Å². The molecule has 30 heavy (non-hydrogen) atoms. The van der Waals surface area contributed by atoms with Crippen molar-refractivity contribution in [2.75, 3.05) is 51.1 Å². The normalized spacial score (nSPS) is 12.7. The predicted octanol–water partition coefficient (Wildman–Crippen LogP) is 3.87. The molecule has 0 spiro atoms. The maximum Gasteiger partial charge on any atom is 0.211 e. The molecule has 2 rings (SSSR count). The number of anilines is 1. The fourth-order valence-electron chi connectivity index (χ4n) is 2.74. The molecule has 170 valence electrons. The van der Waals surface area contributed by atoms with Crippen LogP contribution in [0.3, 0.4) is 0 Å². The molecule has 2 amide bonds. The quantitative estimate of drug-likeness (QED) is 0.309. The summed E-state index contributed by atoms with van der Waals surface area (Å²) in [7, 11) is 0. The van der Waals surface area contributed by atoms with Crippen LogP contribution in [0.2, 0.25) is 5.02 Å². The highest BCUT2D eigenvalue weighted by Crippen LogP contribution is 2.27. The monoisotopic (exact) mass is 441 g/mol. The number of hydrogen-bond donors (Lipinski definition) is 2. The van der Waals surface area contributed by atoms with Crippen LogP contribution in [-0.2, 0) is 9.59 Å². The smallest absolute Gasteiger partial charge is 0.211 e. The molecule has 0 aliphatic carbocycles. The van der Waals surface area contributed by atoms with Gasteiger partial charge in [0.25, 0.3) is 0 Å². The number of likely N-dealkylation sites (tertiary alicyclic amines) is 1. The average Bonchev–Trinajstić information content (AvgIpc) is 3.29. The zero-order valence-corrected chi connectivity index (χ0v) is 19.2. The first-order valence-electron chi connectivity index (χ1n) is 10.5. The minimum atomic E-state index is 0.160. The summed E-state index contributed by atoms with van der Waals surface area (Å²) in [6, 6.07) is 4.42. The van der Waals surface area contributed by atoms with Crippen molar-refractivity contribution in [2.45, 2.75) is 40.0 Å². The van der Waals surface area contributed by atoms with Crippen LogP contribution in [0.1, 0.15) is 40.0 Å². The first-order valence-corrected chi connectivity index (χ1v) is 10.9. The lowest BCUT2D eigenvalue weighted by molar-refractivity contribution is -0.118. The number of rotatable bonds is 11. The van der Waals surface area contributed by atoms with Crippen LogP contribution >= 0.6 is 11.6 Å². The number of carbonyl (C=O) groups is 2. The fraction of sp³-hybridized carbons (Fsp3) is 0.619. The van der Waals surface area contributed by atoms with Gasteiger partial charge in [-0.15, -0.1) is 4.91 Å². The first-order chi connectivity index (χ1) is 14.6. The van der Waals surface area contributed by atoms with E-state index in [2.05, 4.69) is 41.5 Å². The SMILES string of the molecule is CCCN(C=O)CCNCC.CCN1CCCC1.O=CNc1ccc(N=O)c(Cl)c1. The van der Waals surface area contributed by atoms with Gasteiger partial charge in [-0.1, -0.05) is 32.4 Å². The Morgan fingerprint density at radius 2 is 1.87 bits per heavy atom. The van der Waals surface area contributed by atoms with Gasteiger partial charge in [-0.3, -0.25) is 9.59 Å². The van der Waals surface area contributed by atoms with Crippen LogP contribution in [0.15, 0.2) is 23.4 Å². The third-order valence-corrected chi connectivity index (χ3v) is 4.71. The molecule has 1 aromatic carbocycles. The summed E-state index contributed by atoms with van der Waals surface area (Å²) in [4.78, 5) is 34.7. The second-order valence-corrected chi connectivity index (χ2v) is 7.06. The molecule has 8 nitrogen and oxygen atoms in total. The maximum absolute atomic E-state index is 10.4. The lowest BCUT2D eigenvalue weighted by atomic mass is 10.3. The second kappa shape index (κ2) is 19.0. The molecule has 0 saturated carbocycles. The summed E-state index contributed by atoms with van der Waals surface area (Å²) in [5.41, 5.74) is 0.690. The van der Waals surface area contributed by atoms with Gasteiger partial charge in [-0.25, -0.2) is 0 Å². The standard InChI is InChI=1S/C8H18N2O.C7H5ClN2O2.C6H13N/c1-3-6-10(8-11)7-5-9-4-2;8-6-3-5(9-4-11)1-2-7(6)10-12;1-2-7-5-3-4-6-7/h8-9H,3-7H2,1-2H3;1-4H,(H,9,11);2-6H2,1H3. The van der Waals surface area contributed by atoms with Gasteiger partial charge in [0.2, 0.25) is 12.8 Å². The number of halogens is 1. The van der Waals surface area contributed by atoms with Crippen LogP contribution in [0.25, 0.3) is 0 Å². The van der Waals surface area contributed by atoms with Crippen LogP contribution < -0.4 is 10.6 Å². The molecule has 0 atom stereocenters. The molecular formula is C21H36ClN5O3. The second-order valence-electron chi connectivity index (χ2n) is 6.66. The van der Waals surface area contributed by atoms with Crippen molar-refractivity contribution < 1.29 is 9.59 Å². The summed E-state index contributed by atoms with van der Waals surface area (Å²) in [5.74, 6) is 0. The maximum atomic E-state index is 10.4. The minimum Gasteiger partial charge on any atom is -0.344 e. The number of nitrogens with zero attached hydrogens (tertiary/aromatic N) is 3. The van der Waals surface area contributed by atoms with Crippen LogP contribution in [0, 0.1) is 4.91 Å². The molecule has 0 radical (unpaired) electrons. The summed E-state index contributed by atoms with van der Waals surface area (Å²) in [5, 5.41) is 8.45. The molecule has 9 heteroatoms. The Morgan fingerprint density at radius 3 is 2.30 bits per heavy atom. The van der Waals surface area contributed by atoms with E-state index >= 15 is 0 Å². The number of benzene rings is 1. The van der Waals surface area contributed by atoms with Gasteiger partial charge in [-0.2, -0.15) is 0 Å². The molecule has 1 saturated heterocycles. The lowest BCUT2D eigenvalue weighted by Gasteiger charge is -2.15. The zero-order valence-electron chi connectivity index (χ0n) is 18.4. The van der Waals surface area contributed by atoms with Gasteiger partial charge >= 0.3 is 0 Å². The van der Waals surface area contributed by atoms with Crippen LogP contribution in [-0.4, -0.2) is 68.4 Å². The predicted molar refractivity (Wildman–Crippen MR) is 124 cm³/mol. The summed E-state index contributed by atoms with van der Waals surface area (Å²) < 4.78 is 0. The molecule has 0 aromatic heterocycles. The van der Waals surface area contributed by atoms with E-state index < -0.39 is 0 Å². The number of nitrogens with one attached hydrogen (secondary N) is 2. The van der Waals surface area contributed by atoms with Crippen molar-refractivity contribution in [3.8, 4) is 0 Å². The number of carbonyl (C=O) groups excluding carboxylic acids is 2. The number of nitroso groups, excluding NO2 is 1. The largest absolute Gasteiger partial charge is 0.344 e. The molecule has 1 aliphatic rings. The topological polar surface area (TPSA) is 94.1 Å². The van der Waals surface area contributed by atoms with Crippen LogP contribution in [0.5, 0.6) is 0 Å². The highest BCUT2D eigenvalue weighted by atomic mass is 35.5. The van der Waals surface area contributed by atoms with Crippen molar-refractivity contribution in [1.29, 1.82) is 0 Å². The Morgan fingerprint density at radius 1 is 1.17 bits per heavy atom. The van der Waals surface area contributed by atoms with E-state index in [0.717, 1.165) is 39.0 Å². The molecule has 1 aliphatic heterocycles. The molecule has 1 heterocycles. The summed E-state index contributed by atoms with van der Waals surface area (Å²) >= 11 is 5.62. The van der Waals surface area contributed by atoms with E-state index in [9.17, 15) is 14.5 Å². The van der Waals surface area contributed by atoms with E-state index in [4.69, 9.17) is 11.6 Å². The zero-order chi connectivity index (χ0) is 22.6. The molecule has 0 bridgehead atoms. The Hall–Kier alpha value is -2.03. The van der Waals surface area contributed by atoms with Crippen LogP contribution in [0.4, 0.5) is 11.4 Å². The van der Waals surface area contributed by atoms with E-state index in [1.54, 1.807) is 4.90 Å². The average molecular weight is 442 g/mol. The van der Waals surface area contributed by atoms with E-state index in [1.165, 1.54) is 50.7 Å². The van der Waals surface area contributed by atoms with Gasteiger partial charge in [0.1, 0.15) is 5.69 Å². The third-order valence-electron chi connectivity index (χ3n) is 4.40. The molecule has 1 fully saturated rings. The van der Waals surface area contributed by atoms with E-state index in [-0.39, 0.29) is 10.7 Å². The van der Waals surface area contributed by atoms with Crippen molar-refractivity contribution in [3.05, 3.63) is 28.1 Å². The number of hydrogen-bond acceptors (Lipinski definition) is 6. The summed E-state index contributed by atoms with van der Waals surface area (Å²) in [6.07, 6.45) is 5.33. The first kappa shape index (κ1) is 28.0. The Balaban J connectivity index is 0.000000434. The van der Waals surface area contributed by atoms with Crippen molar-refractivity contribution in [2.24, 2.45) is 5.18 Å². The van der Waals surface area contributed by atoms with E-state index in [1.807, 2.05) is 0 Å². The Labute approximate surface area is 185 Å². The fourth-order valence-corrected chi connectivity index (χ4v) is 2.96.